The molecule has 0 aliphatic rings. The molecule has 1 atom stereocenters. The molecule has 1 amide bonds. The average molecular weight is 191 g/mol. The van der Waals surface area contributed by atoms with E-state index in [9.17, 15) is 4.79 Å². The molecule has 12 heavy (non-hydrogen) atoms. The second-order valence-electron chi connectivity index (χ2n) is 2.68. The van der Waals surface area contributed by atoms with E-state index in [1.54, 1.807) is 7.05 Å². The van der Waals surface area contributed by atoms with Gasteiger partial charge < -0.3 is 10.6 Å². The molecule has 70 valence electrons. The van der Waals surface area contributed by atoms with Gasteiger partial charge in [0.1, 0.15) is 0 Å². The van der Waals surface area contributed by atoms with Crippen molar-refractivity contribution in [2.24, 2.45) is 0 Å². The molecule has 0 bridgehead atoms. The standard InChI is InChI=1S/C8H15ClN2O/c1-6(9)5-11-7(2)4-8(12)10-3/h7,11H,1,4-5H2,2-3H3,(H,10,12). The zero-order valence-electron chi connectivity index (χ0n) is 7.48. The summed E-state index contributed by atoms with van der Waals surface area (Å²) in [4.78, 5) is 10.9. The Kier molecular flexibility index (Phi) is 5.76. The quantitative estimate of drug-likeness (QED) is 0.675. The van der Waals surface area contributed by atoms with Gasteiger partial charge in [-0.2, -0.15) is 0 Å². The van der Waals surface area contributed by atoms with Gasteiger partial charge in [-0.3, -0.25) is 4.79 Å². The van der Waals surface area contributed by atoms with Gasteiger partial charge in [-0.25, -0.2) is 0 Å². The molecule has 0 aliphatic heterocycles. The summed E-state index contributed by atoms with van der Waals surface area (Å²) in [5.41, 5.74) is 0. The Morgan fingerprint density at radius 3 is 2.67 bits per heavy atom. The Morgan fingerprint density at radius 1 is 1.67 bits per heavy atom. The highest BCUT2D eigenvalue weighted by Gasteiger charge is 2.05. The number of hydrogen-bond acceptors (Lipinski definition) is 2. The lowest BCUT2D eigenvalue weighted by molar-refractivity contribution is -0.121. The van der Waals surface area contributed by atoms with Crippen molar-refractivity contribution in [2.45, 2.75) is 19.4 Å². The molecular weight excluding hydrogens is 176 g/mol. The molecule has 0 aromatic heterocycles. The van der Waals surface area contributed by atoms with E-state index in [1.807, 2.05) is 6.92 Å². The van der Waals surface area contributed by atoms with Crippen molar-refractivity contribution < 1.29 is 4.79 Å². The van der Waals surface area contributed by atoms with Crippen LogP contribution in [-0.4, -0.2) is 25.5 Å². The second kappa shape index (κ2) is 6.03. The average Bonchev–Trinajstić information content (AvgIpc) is 2.00. The lowest BCUT2D eigenvalue weighted by Crippen LogP contribution is -2.32. The summed E-state index contributed by atoms with van der Waals surface area (Å²) in [6.45, 7) is 6.00. The normalized spacial score (nSPS) is 12.2. The van der Waals surface area contributed by atoms with Crippen LogP contribution >= 0.6 is 11.6 Å². The van der Waals surface area contributed by atoms with Crippen LogP contribution in [0.25, 0.3) is 0 Å². The van der Waals surface area contributed by atoms with E-state index in [-0.39, 0.29) is 11.9 Å². The molecule has 0 aromatic carbocycles. The summed E-state index contributed by atoms with van der Waals surface area (Å²) in [7, 11) is 1.62. The maximum absolute atomic E-state index is 10.9. The van der Waals surface area contributed by atoms with Gasteiger partial charge >= 0.3 is 0 Å². The fourth-order valence-corrected chi connectivity index (χ4v) is 0.814. The van der Waals surface area contributed by atoms with Crippen LogP contribution in [0.4, 0.5) is 0 Å². The maximum Gasteiger partial charge on any atom is 0.221 e. The Hall–Kier alpha value is -0.540. The van der Waals surface area contributed by atoms with Crippen LogP contribution in [0.15, 0.2) is 11.6 Å². The number of rotatable bonds is 5. The lowest BCUT2D eigenvalue weighted by atomic mass is 10.2. The summed E-state index contributed by atoms with van der Waals surface area (Å²) in [6.07, 6.45) is 0.459. The van der Waals surface area contributed by atoms with Gasteiger partial charge in [0.15, 0.2) is 0 Å². The van der Waals surface area contributed by atoms with Gasteiger partial charge in [-0.15, -0.1) is 0 Å². The molecule has 0 fully saturated rings. The second-order valence-corrected chi connectivity index (χ2v) is 3.21. The topological polar surface area (TPSA) is 41.1 Å². The first kappa shape index (κ1) is 11.5. The molecule has 3 nitrogen and oxygen atoms in total. The number of carbonyl (C=O) groups is 1. The Bertz CT molecular complexity index is 170. The van der Waals surface area contributed by atoms with Crippen molar-refractivity contribution in [1.29, 1.82) is 0 Å². The van der Waals surface area contributed by atoms with Crippen molar-refractivity contribution in [1.82, 2.24) is 10.6 Å². The maximum atomic E-state index is 10.9. The third-order valence-corrected chi connectivity index (χ3v) is 1.55. The van der Waals surface area contributed by atoms with E-state index < -0.39 is 0 Å². The molecule has 0 heterocycles. The Labute approximate surface area is 78.2 Å². The minimum atomic E-state index is 0.0233. The summed E-state index contributed by atoms with van der Waals surface area (Å²) < 4.78 is 0. The zero-order valence-corrected chi connectivity index (χ0v) is 8.24. The number of amides is 1. The molecular formula is C8H15ClN2O. The SMILES string of the molecule is C=C(Cl)CNC(C)CC(=O)NC. The van der Waals surface area contributed by atoms with Gasteiger partial charge in [0.05, 0.1) is 0 Å². The predicted octanol–water partition coefficient (Wildman–Crippen LogP) is 0.853. The van der Waals surface area contributed by atoms with Crippen LogP contribution in [0.2, 0.25) is 0 Å². The first-order chi connectivity index (χ1) is 5.56. The van der Waals surface area contributed by atoms with E-state index in [1.165, 1.54) is 0 Å². The highest BCUT2D eigenvalue weighted by atomic mass is 35.5. The minimum Gasteiger partial charge on any atom is -0.359 e. The van der Waals surface area contributed by atoms with Crippen LogP contribution in [0.5, 0.6) is 0 Å². The monoisotopic (exact) mass is 190 g/mol. The summed E-state index contributed by atoms with van der Waals surface area (Å²) in [5.74, 6) is 0.0233. The summed E-state index contributed by atoms with van der Waals surface area (Å²) in [5, 5.41) is 6.16. The largest absolute Gasteiger partial charge is 0.359 e. The molecule has 1 unspecified atom stereocenters. The number of nitrogens with one attached hydrogen (secondary N) is 2. The van der Waals surface area contributed by atoms with Crippen molar-refractivity contribution in [3.8, 4) is 0 Å². The highest BCUT2D eigenvalue weighted by molar-refractivity contribution is 6.29. The Morgan fingerprint density at radius 2 is 2.25 bits per heavy atom. The molecule has 0 aliphatic carbocycles. The number of halogens is 1. The molecule has 2 N–H and O–H groups in total. The summed E-state index contributed by atoms with van der Waals surface area (Å²) in [6, 6.07) is 0.125. The number of hydrogen-bond donors (Lipinski definition) is 2. The van der Waals surface area contributed by atoms with Crippen LogP contribution < -0.4 is 10.6 Å². The van der Waals surface area contributed by atoms with E-state index in [4.69, 9.17) is 11.6 Å². The third kappa shape index (κ3) is 6.19. The van der Waals surface area contributed by atoms with E-state index in [0.29, 0.717) is 18.0 Å². The fraction of sp³-hybridized carbons (Fsp3) is 0.625. The van der Waals surface area contributed by atoms with Crippen molar-refractivity contribution >= 4 is 17.5 Å². The molecule has 0 saturated heterocycles. The van der Waals surface area contributed by atoms with Crippen LogP contribution in [0, 0.1) is 0 Å². The van der Waals surface area contributed by atoms with Crippen LogP contribution in [0.1, 0.15) is 13.3 Å². The molecule has 0 saturated carbocycles. The van der Waals surface area contributed by atoms with E-state index in [2.05, 4.69) is 17.2 Å². The minimum absolute atomic E-state index is 0.0233. The van der Waals surface area contributed by atoms with Gasteiger partial charge in [0.2, 0.25) is 5.91 Å². The number of carbonyl (C=O) groups excluding carboxylic acids is 1. The predicted molar refractivity (Wildman–Crippen MR) is 51.1 cm³/mol. The molecule has 0 spiro atoms. The van der Waals surface area contributed by atoms with Gasteiger partial charge in [-0.05, 0) is 6.92 Å². The smallest absolute Gasteiger partial charge is 0.221 e. The van der Waals surface area contributed by atoms with E-state index in [0.717, 1.165) is 0 Å². The van der Waals surface area contributed by atoms with Gasteiger partial charge in [0.25, 0.3) is 0 Å². The highest BCUT2D eigenvalue weighted by Crippen LogP contribution is 1.96. The molecule has 0 radical (unpaired) electrons. The Balaban J connectivity index is 3.52. The van der Waals surface area contributed by atoms with Gasteiger partial charge in [0, 0.05) is 31.1 Å². The first-order valence-electron chi connectivity index (χ1n) is 3.83. The van der Waals surface area contributed by atoms with Crippen molar-refractivity contribution in [3.05, 3.63) is 11.6 Å². The lowest BCUT2D eigenvalue weighted by Gasteiger charge is -2.11. The van der Waals surface area contributed by atoms with Crippen LogP contribution in [0.3, 0.4) is 0 Å². The van der Waals surface area contributed by atoms with Crippen molar-refractivity contribution in [3.63, 3.8) is 0 Å². The summed E-state index contributed by atoms with van der Waals surface area (Å²) >= 11 is 5.53. The molecule has 0 aromatic rings. The van der Waals surface area contributed by atoms with E-state index >= 15 is 0 Å². The first-order valence-corrected chi connectivity index (χ1v) is 4.21. The van der Waals surface area contributed by atoms with Gasteiger partial charge in [-0.1, -0.05) is 18.2 Å². The molecule has 0 rings (SSSR count). The van der Waals surface area contributed by atoms with Crippen molar-refractivity contribution in [2.75, 3.05) is 13.6 Å². The fourth-order valence-electron chi connectivity index (χ4n) is 0.737. The van der Waals surface area contributed by atoms with Crippen LogP contribution in [-0.2, 0) is 4.79 Å². The zero-order chi connectivity index (χ0) is 9.56. The third-order valence-electron chi connectivity index (χ3n) is 1.41. The molecule has 4 heteroatoms.